The molecule has 4 heteroatoms. The fraction of sp³-hybridized carbons (Fsp3) is 0.226. The Morgan fingerprint density at radius 3 is 2.31 bits per heavy atom. The number of hydrogen-bond donors (Lipinski definition) is 0. The number of hydrogen-bond acceptors (Lipinski definition) is 3. The maximum absolute atomic E-state index is 13.4. The first-order chi connectivity index (χ1) is 17.2. The summed E-state index contributed by atoms with van der Waals surface area (Å²) in [5.74, 6) is 0. The van der Waals surface area contributed by atoms with Crippen LogP contribution < -0.4 is 5.56 Å². The van der Waals surface area contributed by atoms with Crippen LogP contribution in [0.15, 0.2) is 95.8 Å². The van der Waals surface area contributed by atoms with Gasteiger partial charge in [-0.25, -0.2) is 0 Å². The molecular formula is C31H30N2O2. The fourth-order valence-electron chi connectivity index (χ4n) is 4.18. The van der Waals surface area contributed by atoms with E-state index in [4.69, 9.17) is 4.74 Å². The molecule has 0 radical (unpaired) electrons. The van der Waals surface area contributed by atoms with E-state index in [0.717, 1.165) is 47.2 Å². The standard InChI is InChI=1S/C31H30N2O2/c1-2-3-12-29-19-18-28(23-35-22-25-9-5-4-6-10-25)31(34)33(29)21-24-14-16-26(17-15-24)30-13-8-7-11-27(30)20-32/h4-11,13-19H,2-3,12,21-23H2,1H3. The minimum absolute atomic E-state index is 0.00516. The Kier molecular flexibility index (Phi) is 8.27. The maximum Gasteiger partial charge on any atom is 0.256 e. The average Bonchev–Trinajstić information content (AvgIpc) is 2.91. The minimum Gasteiger partial charge on any atom is -0.372 e. The van der Waals surface area contributed by atoms with Crippen LogP contribution in [0.5, 0.6) is 0 Å². The van der Waals surface area contributed by atoms with Crippen LogP contribution in [-0.4, -0.2) is 4.57 Å². The molecule has 0 aliphatic heterocycles. The first kappa shape index (κ1) is 24.2. The number of ether oxygens (including phenoxy) is 1. The minimum atomic E-state index is 0.00516. The van der Waals surface area contributed by atoms with Crippen molar-refractivity contribution >= 4 is 0 Å². The molecule has 0 saturated heterocycles. The van der Waals surface area contributed by atoms with E-state index in [1.807, 2.05) is 89.5 Å². The zero-order valence-electron chi connectivity index (χ0n) is 20.1. The fourth-order valence-corrected chi connectivity index (χ4v) is 4.18. The van der Waals surface area contributed by atoms with Gasteiger partial charge in [0, 0.05) is 11.3 Å². The van der Waals surface area contributed by atoms with Crippen LogP contribution in [-0.2, 0) is 30.9 Å². The summed E-state index contributed by atoms with van der Waals surface area (Å²) in [6.07, 6.45) is 2.97. The number of pyridine rings is 1. The predicted octanol–water partition coefficient (Wildman–Crippen LogP) is 6.49. The van der Waals surface area contributed by atoms with E-state index >= 15 is 0 Å². The van der Waals surface area contributed by atoms with E-state index in [1.54, 1.807) is 0 Å². The Balaban J connectivity index is 1.55. The predicted molar refractivity (Wildman–Crippen MR) is 140 cm³/mol. The van der Waals surface area contributed by atoms with Crippen molar-refractivity contribution < 1.29 is 4.74 Å². The van der Waals surface area contributed by atoms with Crippen LogP contribution in [0.1, 0.15) is 47.7 Å². The molecule has 0 saturated carbocycles. The highest BCUT2D eigenvalue weighted by Crippen LogP contribution is 2.24. The van der Waals surface area contributed by atoms with E-state index in [2.05, 4.69) is 19.1 Å². The van der Waals surface area contributed by atoms with Crippen LogP contribution >= 0.6 is 0 Å². The molecule has 3 aromatic carbocycles. The third kappa shape index (κ3) is 6.15. The molecule has 0 aliphatic carbocycles. The summed E-state index contributed by atoms with van der Waals surface area (Å²) in [5.41, 5.74) is 6.42. The number of rotatable bonds is 10. The Morgan fingerprint density at radius 2 is 1.57 bits per heavy atom. The van der Waals surface area contributed by atoms with Crippen molar-refractivity contribution in [1.82, 2.24) is 4.57 Å². The molecule has 0 fully saturated rings. The molecule has 176 valence electrons. The largest absolute Gasteiger partial charge is 0.372 e. The molecule has 0 aliphatic rings. The van der Waals surface area contributed by atoms with Gasteiger partial charge in [0.05, 0.1) is 31.4 Å². The number of aromatic nitrogens is 1. The monoisotopic (exact) mass is 462 g/mol. The van der Waals surface area contributed by atoms with E-state index < -0.39 is 0 Å². The molecule has 0 amide bonds. The summed E-state index contributed by atoms with van der Waals surface area (Å²) in [6, 6.07) is 31.9. The van der Waals surface area contributed by atoms with E-state index in [0.29, 0.717) is 24.3 Å². The second-order valence-corrected chi connectivity index (χ2v) is 8.68. The number of nitriles is 1. The lowest BCUT2D eigenvalue weighted by atomic mass is 9.99. The molecule has 4 aromatic rings. The lowest BCUT2D eigenvalue weighted by Crippen LogP contribution is -2.27. The van der Waals surface area contributed by atoms with Crippen molar-refractivity contribution in [2.24, 2.45) is 0 Å². The second-order valence-electron chi connectivity index (χ2n) is 8.68. The average molecular weight is 463 g/mol. The Hall–Kier alpha value is -3.94. The summed E-state index contributed by atoms with van der Waals surface area (Å²) >= 11 is 0. The van der Waals surface area contributed by atoms with Crippen molar-refractivity contribution in [2.45, 2.75) is 45.9 Å². The molecule has 0 atom stereocenters. The molecule has 0 spiro atoms. The van der Waals surface area contributed by atoms with Gasteiger partial charge in [-0.1, -0.05) is 86.1 Å². The molecule has 1 aromatic heterocycles. The first-order valence-electron chi connectivity index (χ1n) is 12.1. The Labute approximate surface area is 207 Å². The van der Waals surface area contributed by atoms with E-state index in [1.165, 1.54) is 0 Å². The third-order valence-electron chi connectivity index (χ3n) is 6.15. The van der Waals surface area contributed by atoms with Crippen molar-refractivity contribution in [1.29, 1.82) is 5.26 Å². The SMILES string of the molecule is CCCCc1ccc(COCc2ccccc2)c(=O)n1Cc1ccc(-c2ccccc2C#N)cc1. The normalized spacial score (nSPS) is 10.7. The molecule has 35 heavy (non-hydrogen) atoms. The van der Waals surface area contributed by atoms with Gasteiger partial charge < -0.3 is 9.30 Å². The van der Waals surface area contributed by atoms with Gasteiger partial charge in [-0.3, -0.25) is 4.79 Å². The summed E-state index contributed by atoms with van der Waals surface area (Å²) in [4.78, 5) is 13.4. The maximum atomic E-state index is 13.4. The van der Waals surface area contributed by atoms with Crippen LogP contribution in [0.4, 0.5) is 0 Å². The van der Waals surface area contributed by atoms with Crippen LogP contribution in [0.2, 0.25) is 0 Å². The van der Waals surface area contributed by atoms with Crippen molar-refractivity contribution in [3.05, 3.63) is 129 Å². The molecular weight excluding hydrogens is 432 g/mol. The van der Waals surface area contributed by atoms with Gasteiger partial charge in [-0.05, 0) is 53.3 Å². The van der Waals surface area contributed by atoms with E-state index in [-0.39, 0.29) is 12.2 Å². The molecule has 0 unspecified atom stereocenters. The highest BCUT2D eigenvalue weighted by Gasteiger charge is 2.11. The Bertz CT molecular complexity index is 1350. The van der Waals surface area contributed by atoms with E-state index in [9.17, 15) is 10.1 Å². The zero-order valence-corrected chi connectivity index (χ0v) is 20.1. The Morgan fingerprint density at radius 1 is 0.829 bits per heavy atom. The van der Waals surface area contributed by atoms with Gasteiger partial charge in [-0.15, -0.1) is 0 Å². The third-order valence-corrected chi connectivity index (χ3v) is 6.15. The van der Waals surface area contributed by atoms with Crippen molar-refractivity contribution in [3.8, 4) is 17.2 Å². The highest BCUT2D eigenvalue weighted by atomic mass is 16.5. The van der Waals surface area contributed by atoms with Gasteiger partial charge in [0.2, 0.25) is 0 Å². The summed E-state index contributed by atoms with van der Waals surface area (Å²) in [6.45, 7) is 3.42. The molecule has 4 nitrogen and oxygen atoms in total. The number of aryl methyl sites for hydroxylation is 1. The smallest absolute Gasteiger partial charge is 0.256 e. The van der Waals surface area contributed by atoms with Crippen LogP contribution in [0.25, 0.3) is 11.1 Å². The van der Waals surface area contributed by atoms with Crippen LogP contribution in [0.3, 0.4) is 0 Å². The van der Waals surface area contributed by atoms with Crippen molar-refractivity contribution in [3.63, 3.8) is 0 Å². The lowest BCUT2D eigenvalue weighted by Gasteiger charge is -2.15. The summed E-state index contributed by atoms with van der Waals surface area (Å²) < 4.78 is 7.74. The topological polar surface area (TPSA) is 55.0 Å². The lowest BCUT2D eigenvalue weighted by molar-refractivity contribution is 0.106. The van der Waals surface area contributed by atoms with Gasteiger partial charge in [-0.2, -0.15) is 5.26 Å². The summed E-state index contributed by atoms with van der Waals surface area (Å²) in [5, 5.41) is 9.42. The van der Waals surface area contributed by atoms with Crippen molar-refractivity contribution in [2.75, 3.05) is 0 Å². The molecule has 1 heterocycles. The quantitative estimate of drug-likeness (QED) is 0.270. The number of nitrogens with zero attached hydrogens (tertiary/aromatic N) is 2. The van der Waals surface area contributed by atoms with Gasteiger partial charge in [0.15, 0.2) is 0 Å². The molecule has 4 rings (SSSR count). The zero-order chi connectivity index (χ0) is 24.5. The highest BCUT2D eigenvalue weighted by molar-refractivity contribution is 5.70. The summed E-state index contributed by atoms with van der Waals surface area (Å²) in [7, 11) is 0. The molecule has 0 bridgehead atoms. The first-order valence-corrected chi connectivity index (χ1v) is 12.1. The number of unbranched alkanes of at least 4 members (excludes halogenated alkanes) is 1. The number of benzene rings is 3. The van der Waals surface area contributed by atoms with Gasteiger partial charge in [0.1, 0.15) is 0 Å². The van der Waals surface area contributed by atoms with Gasteiger partial charge >= 0.3 is 0 Å². The second kappa shape index (κ2) is 12.0. The van der Waals surface area contributed by atoms with Gasteiger partial charge in [0.25, 0.3) is 5.56 Å². The van der Waals surface area contributed by atoms with Crippen LogP contribution in [0, 0.1) is 11.3 Å². The molecule has 0 N–H and O–H groups in total.